The molecule has 2 aliphatic rings. The van der Waals surface area contributed by atoms with Gasteiger partial charge in [0.25, 0.3) is 5.92 Å². The molecule has 2 aromatic rings. The van der Waals surface area contributed by atoms with Gasteiger partial charge in [-0.2, -0.15) is 0 Å². The molecule has 1 aliphatic carbocycles. The van der Waals surface area contributed by atoms with Crippen LogP contribution < -0.4 is 0 Å². The van der Waals surface area contributed by atoms with Crippen LogP contribution in [0.4, 0.5) is 8.78 Å². The van der Waals surface area contributed by atoms with Crippen LogP contribution in [-0.4, -0.2) is 28.7 Å². The number of hydrogen-bond donors (Lipinski definition) is 0. The van der Waals surface area contributed by atoms with Crippen LogP contribution in [0.15, 0.2) is 36.7 Å². The van der Waals surface area contributed by atoms with E-state index in [1.165, 1.54) is 0 Å². The van der Waals surface area contributed by atoms with Crippen molar-refractivity contribution in [2.45, 2.75) is 37.1 Å². The van der Waals surface area contributed by atoms with E-state index in [4.69, 9.17) is 4.74 Å². The molecule has 1 saturated carbocycles. The van der Waals surface area contributed by atoms with Crippen molar-refractivity contribution < 1.29 is 13.5 Å². The first-order valence-corrected chi connectivity index (χ1v) is 7.72. The molecule has 4 rings (SSSR count). The Balaban J connectivity index is 1.74. The van der Waals surface area contributed by atoms with Crippen LogP contribution in [0.3, 0.4) is 0 Å². The van der Waals surface area contributed by atoms with Crippen molar-refractivity contribution in [2.24, 2.45) is 0 Å². The number of hydrogen-bond acceptors (Lipinski definition) is 2. The maximum atomic E-state index is 13.3. The summed E-state index contributed by atoms with van der Waals surface area (Å²) in [4.78, 5) is 4.54. The van der Waals surface area contributed by atoms with Gasteiger partial charge in [-0.1, -0.05) is 30.3 Å². The maximum absolute atomic E-state index is 13.3. The molecule has 0 spiro atoms. The zero-order valence-corrected chi connectivity index (χ0v) is 12.2. The summed E-state index contributed by atoms with van der Waals surface area (Å²) in [5.41, 5.74) is 3.00. The van der Waals surface area contributed by atoms with Crippen LogP contribution in [0.5, 0.6) is 0 Å². The molecule has 1 saturated heterocycles. The van der Waals surface area contributed by atoms with Gasteiger partial charge in [0, 0.05) is 37.0 Å². The molecule has 1 unspecified atom stereocenters. The summed E-state index contributed by atoms with van der Waals surface area (Å²) in [6.45, 7) is 1.37. The van der Waals surface area contributed by atoms with Crippen LogP contribution in [-0.2, 0) is 4.74 Å². The van der Waals surface area contributed by atoms with Gasteiger partial charge in [-0.3, -0.25) is 0 Å². The number of alkyl halides is 2. The van der Waals surface area contributed by atoms with E-state index in [1.807, 2.05) is 34.9 Å². The molecule has 1 aromatic heterocycles. The fourth-order valence-electron chi connectivity index (χ4n) is 3.46. The second-order valence-electron chi connectivity index (χ2n) is 6.23. The molecule has 0 amide bonds. The molecular weight excluding hydrogens is 286 g/mol. The molecule has 1 aromatic carbocycles. The van der Waals surface area contributed by atoms with Crippen molar-refractivity contribution >= 4 is 0 Å². The third kappa shape index (κ3) is 2.33. The summed E-state index contributed by atoms with van der Waals surface area (Å²) in [6.07, 6.45) is 2.49. The van der Waals surface area contributed by atoms with Crippen molar-refractivity contribution in [2.75, 3.05) is 13.2 Å². The second kappa shape index (κ2) is 5.16. The first kappa shape index (κ1) is 13.9. The van der Waals surface area contributed by atoms with Crippen LogP contribution >= 0.6 is 0 Å². The molecule has 1 aliphatic heterocycles. The van der Waals surface area contributed by atoms with Gasteiger partial charge in [0.1, 0.15) is 0 Å². The summed E-state index contributed by atoms with van der Waals surface area (Å²) in [6, 6.07) is 9.80. The van der Waals surface area contributed by atoms with E-state index in [1.54, 1.807) is 6.33 Å². The minimum Gasteiger partial charge on any atom is -0.381 e. The Labute approximate surface area is 127 Å². The Hall–Kier alpha value is -1.75. The predicted octanol–water partition coefficient (Wildman–Crippen LogP) is 4.02. The number of benzene rings is 1. The predicted molar refractivity (Wildman–Crippen MR) is 79.1 cm³/mol. The largest absolute Gasteiger partial charge is 0.381 e. The summed E-state index contributed by atoms with van der Waals surface area (Å²) < 4.78 is 34.0. The molecule has 2 heterocycles. The first-order valence-electron chi connectivity index (χ1n) is 7.72. The van der Waals surface area contributed by atoms with E-state index in [-0.39, 0.29) is 24.8 Å². The minimum atomic E-state index is -2.52. The Kier molecular flexibility index (Phi) is 3.26. The normalized spacial score (nSPS) is 24.4. The number of aromatic nitrogens is 2. The quantitative estimate of drug-likeness (QED) is 0.856. The van der Waals surface area contributed by atoms with E-state index in [0.29, 0.717) is 6.61 Å². The van der Waals surface area contributed by atoms with Gasteiger partial charge >= 0.3 is 0 Å². The van der Waals surface area contributed by atoms with Crippen LogP contribution in [0, 0.1) is 0 Å². The van der Waals surface area contributed by atoms with Gasteiger partial charge in [0.15, 0.2) is 0 Å². The summed E-state index contributed by atoms with van der Waals surface area (Å²) in [5.74, 6) is -2.28. The third-order valence-corrected chi connectivity index (χ3v) is 4.66. The first-order chi connectivity index (χ1) is 10.6. The lowest BCUT2D eigenvalue weighted by Crippen LogP contribution is -2.37. The highest BCUT2D eigenvalue weighted by molar-refractivity contribution is 5.62. The molecule has 0 radical (unpaired) electrons. The lowest BCUT2D eigenvalue weighted by Gasteiger charge is -2.37. The molecule has 5 heteroatoms. The van der Waals surface area contributed by atoms with E-state index >= 15 is 0 Å². The van der Waals surface area contributed by atoms with Gasteiger partial charge in [-0.05, 0) is 6.42 Å². The average Bonchev–Trinajstić information content (AvgIpc) is 3.14. The summed E-state index contributed by atoms with van der Waals surface area (Å²) in [5, 5.41) is 0. The monoisotopic (exact) mass is 304 g/mol. The van der Waals surface area contributed by atoms with Gasteiger partial charge in [-0.15, -0.1) is 0 Å². The number of nitrogens with zero attached hydrogens (tertiary/aromatic N) is 2. The Morgan fingerprint density at radius 1 is 1.18 bits per heavy atom. The van der Waals surface area contributed by atoms with Gasteiger partial charge < -0.3 is 9.30 Å². The number of rotatable bonds is 3. The fraction of sp³-hybridized carbons (Fsp3) is 0.471. The Morgan fingerprint density at radius 3 is 2.59 bits per heavy atom. The number of imidazole rings is 1. The second-order valence-corrected chi connectivity index (χ2v) is 6.23. The molecule has 116 valence electrons. The van der Waals surface area contributed by atoms with Crippen molar-refractivity contribution in [3.05, 3.63) is 42.4 Å². The average molecular weight is 304 g/mol. The van der Waals surface area contributed by atoms with Crippen molar-refractivity contribution in [1.82, 2.24) is 9.55 Å². The summed E-state index contributed by atoms with van der Waals surface area (Å²) in [7, 11) is 0. The van der Waals surface area contributed by atoms with E-state index in [2.05, 4.69) is 4.98 Å². The van der Waals surface area contributed by atoms with Crippen molar-refractivity contribution in [3.8, 4) is 11.3 Å². The van der Waals surface area contributed by atoms with Crippen LogP contribution in [0.25, 0.3) is 11.3 Å². The molecule has 0 N–H and O–H groups in total. The number of ether oxygens (including phenoxy) is 1. The van der Waals surface area contributed by atoms with Crippen molar-refractivity contribution in [1.29, 1.82) is 0 Å². The van der Waals surface area contributed by atoms with Gasteiger partial charge in [0.05, 0.1) is 24.3 Å². The molecule has 2 fully saturated rings. The fourth-order valence-corrected chi connectivity index (χ4v) is 3.46. The lowest BCUT2D eigenvalue weighted by molar-refractivity contribution is -0.104. The highest BCUT2D eigenvalue weighted by Gasteiger charge is 2.47. The molecule has 0 bridgehead atoms. The topological polar surface area (TPSA) is 27.1 Å². The highest BCUT2D eigenvalue weighted by Crippen LogP contribution is 2.48. The SMILES string of the molecule is FC1(F)CC(n2cnc(-c3ccccc3)c2C2CCOC2)C1. The molecule has 1 atom stereocenters. The molecule has 22 heavy (non-hydrogen) atoms. The highest BCUT2D eigenvalue weighted by atomic mass is 19.3. The zero-order valence-electron chi connectivity index (χ0n) is 12.2. The van der Waals surface area contributed by atoms with Gasteiger partial charge in [-0.25, -0.2) is 13.8 Å². The summed E-state index contributed by atoms with van der Waals surface area (Å²) >= 11 is 0. The number of halogens is 2. The Bertz CT molecular complexity index is 655. The maximum Gasteiger partial charge on any atom is 0.252 e. The van der Waals surface area contributed by atoms with E-state index < -0.39 is 5.92 Å². The molecule has 3 nitrogen and oxygen atoms in total. The van der Waals surface area contributed by atoms with E-state index in [0.717, 1.165) is 30.0 Å². The molecular formula is C17H18F2N2O. The van der Waals surface area contributed by atoms with Gasteiger partial charge in [0.2, 0.25) is 0 Å². The van der Waals surface area contributed by atoms with Crippen LogP contribution in [0.1, 0.15) is 36.9 Å². The zero-order chi connectivity index (χ0) is 15.2. The standard InChI is InChI=1S/C17H18F2N2O/c18-17(19)8-14(9-17)21-11-20-15(12-4-2-1-3-5-12)16(21)13-6-7-22-10-13/h1-5,11,13-14H,6-10H2. The van der Waals surface area contributed by atoms with Crippen LogP contribution in [0.2, 0.25) is 0 Å². The smallest absolute Gasteiger partial charge is 0.252 e. The van der Waals surface area contributed by atoms with E-state index in [9.17, 15) is 8.78 Å². The van der Waals surface area contributed by atoms with Crippen molar-refractivity contribution in [3.63, 3.8) is 0 Å². The lowest BCUT2D eigenvalue weighted by atomic mass is 9.87. The third-order valence-electron chi connectivity index (χ3n) is 4.66. The Morgan fingerprint density at radius 2 is 1.95 bits per heavy atom. The minimum absolute atomic E-state index is 0.0852.